The van der Waals surface area contributed by atoms with Gasteiger partial charge in [0.25, 0.3) is 5.91 Å². The van der Waals surface area contributed by atoms with Crippen LogP contribution in [0.4, 0.5) is 11.8 Å². The van der Waals surface area contributed by atoms with Gasteiger partial charge in [-0.3, -0.25) is 14.6 Å². The number of hydrogen-bond donors (Lipinski definition) is 5. The summed E-state index contributed by atoms with van der Waals surface area (Å²) >= 11 is 0. The van der Waals surface area contributed by atoms with Crippen LogP contribution >= 0.6 is 0 Å². The SMILES string of the molecule is CC(N)CNc1ncc(C(N)=O)c(NC2CCC2)n1.NC(=O)c1cccnc1. The fraction of sp³-hybridized carbons (Fsp3) is 0.389. The number of carbonyl (C=O) groups is 2. The Kier molecular flexibility index (Phi) is 7.64. The average molecular weight is 386 g/mol. The van der Waals surface area contributed by atoms with Crippen LogP contribution in [0.15, 0.2) is 30.7 Å². The highest BCUT2D eigenvalue weighted by atomic mass is 16.1. The van der Waals surface area contributed by atoms with Crippen LogP contribution in [0.3, 0.4) is 0 Å². The van der Waals surface area contributed by atoms with E-state index in [-0.39, 0.29) is 6.04 Å². The van der Waals surface area contributed by atoms with Crippen LogP contribution in [0, 0.1) is 0 Å². The first-order valence-electron chi connectivity index (χ1n) is 8.99. The largest absolute Gasteiger partial charge is 0.367 e. The molecule has 1 fully saturated rings. The Bertz CT molecular complexity index is 793. The second kappa shape index (κ2) is 10.2. The standard InChI is InChI=1S/C12H20N6O.C6H6N2O/c1-7(13)5-15-12-16-6-9(10(14)19)11(18-12)17-8-3-2-4-8;7-6(9)5-2-1-3-8-4-5/h6-8H,2-5,13H2,1H3,(H2,14,19)(H2,15,16,17,18);1-4H,(H2,7,9). The first-order valence-corrected chi connectivity index (χ1v) is 8.99. The summed E-state index contributed by atoms with van der Waals surface area (Å²) in [4.78, 5) is 33.8. The Balaban J connectivity index is 0.000000261. The molecule has 0 spiro atoms. The third kappa shape index (κ3) is 6.47. The van der Waals surface area contributed by atoms with E-state index >= 15 is 0 Å². The van der Waals surface area contributed by atoms with Gasteiger partial charge in [0, 0.05) is 37.2 Å². The number of anilines is 2. The zero-order valence-corrected chi connectivity index (χ0v) is 15.8. The normalized spacial score (nSPS) is 14.1. The molecule has 1 aliphatic rings. The Morgan fingerprint density at radius 3 is 2.46 bits per heavy atom. The molecule has 0 aliphatic heterocycles. The van der Waals surface area contributed by atoms with Crippen LogP contribution in [0.2, 0.25) is 0 Å². The van der Waals surface area contributed by atoms with Crippen LogP contribution in [-0.4, -0.2) is 45.4 Å². The Hall–Kier alpha value is -3.27. The van der Waals surface area contributed by atoms with Crippen molar-refractivity contribution in [2.75, 3.05) is 17.2 Å². The first kappa shape index (κ1) is 21.0. The highest BCUT2D eigenvalue weighted by Gasteiger charge is 2.21. The molecule has 10 heteroatoms. The molecule has 10 nitrogen and oxygen atoms in total. The van der Waals surface area contributed by atoms with E-state index in [1.807, 2.05) is 6.92 Å². The minimum atomic E-state index is -0.527. The van der Waals surface area contributed by atoms with Gasteiger partial charge in [-0.25, -0.2) is 4.98 Å². The van der Waals surface area contributed by atoms with Crippen LogP contribution in [0.25, 0.3) is 0 Å². The summed E-state index contributed by atoms with van der Waals surface area (Å²) in [5, 5.41) is 6.25. The van der Waals surface area contributed by atoms with Crippen molar-refractivity contribution in [2.45, 2.75) is 38.3 Å². The quantitative estimate of drug-likeness (QED) is 0.456. The lowest BCUT2D eigenvalue weighted by atomic mass is 9.93. The fourth-order valence-electron chi connectivity index (χ4n) is 2.26. The van der Waals surface area contributed by atoms with Gasteiger partial charge >= 0.3 is 0 Å². The predicted molar refractivity (Wildman–Crippen MR) is 107 cm³/mol. The van der Waals surface area contributed by atoms with Gasteiger partial charge in [-0.1, -0.05) is 0 Å². The van der Waals surface area contributed by atoms with Crippen molar-refractivity contribution in [3.05, 3.63) is 41.9 Å². The summed E-state index contributed by atoms with van der Waals surface area (Å²) in [5.74, 6) is -0.0211. The number of nitrogens with two attached hydrogens (primary N) is 3. The molecule has 2 amide bonds. The van der Waals surface area contributed by atoms with E-state index in [0.717, 1.165) is 12.8 Å². The summed E-state index contributed by atoms with van der Waals surface area (Å²) in [6, 6.07) is 3.66. The van der Waals surface area contributed by atoms with E-state index in [0.29, 0.717) is 35.5 Å². The maximum Gasteiger partial charge on any atom is 0.254 e. The number of nitrogens with one attached hydrogen (secondary N) is 2. The van der Waals surface area contributed by atoms with Crippen LogP contribution in [0.5, 0.6) is 0 Å². The smallest absolute Gasteiger partial charge is 0.254 e. The van der Waals surface area contributed by atoms with Crippen molar-refractivity contribution in [1.29, 1.82) is 0 Å². The van der Waals surface area contributed by atoms with E-state index in [9.17, 15) is 9.59 Å². The van der Waals surface area contributed by atoms with Crippen molar-refractivity contribution in [2.24, 2.45) is 17.2 Å². The van der Waals surface area contributed by atoms with Gasteiger partial charge < -0.3 is 27.8 Å². The van der Waals surface area contributed by atoms with Crippen LogP contribution < -0.4 is 27.8 Å². The van der Waals surface area contributed by atoms with E-state index in [4.69, 9.17) is 17.2 Å². The van der Waals surface area contributed by atoms with Gasteiger partial charge in [0.1, 0.15) is 5.82 Å². The molecule has 1 atom stereocenters. The molecule has 2 heterocycles. The number of amides is 2. The Morgan fingerprint density at radius 1 is 1.25 bits per heavy atom. The van der Waals surface area contributed by atoms with Crippen molar-refractivity contribution < 1.29 is 9.59 Å². The second-order valence-electron chi connectivity index (χ2n) is 6.56. The average Bonchev–Trinajstić information content (AvgIpc) is 2.64. The maximum absolute atomic E-state index is 11.3. The number of primary amides is 2. The van der Waals surface area contributed by atoms with Crippen LogP contribution in [-0.2, 0) is 0 Å². The lowest BCUT2D eigenvalue weighted by Gasteiger charge is -2.27. The molecule has 150 valence electrons. The fourth-order valence-corrected chi connectivity index (χ4v) is 2.26. The maximum atomic E-state index is 11.3. The number of nitrogens with zero attached hydrogens (tertiary/aromatic N) is 3. The molecule has 0 saturated heterocycles. The first-order chi connectivity index (χ1) is 13.4. The van der Waals surface area contributed by atoms with E-state index in [2.05, 4.69) is 25.6 Å². The molecule has 0 radical (unpaired) electrons. The second-order valence-corrected chi connectivity index (χ2v) is 6.56. The lowest BCUT2D eigenvalue weighted by Crippen LogP contribution is -2.30. The molecule has 2 aromatic heterocycles. The van der Waals surface area contributed by atoms with Gasteiger partial charge in [0.2, 0.25) is 11.9 Å². The summed E-state index contributed by atoms with van der Waals surface area (Å²) in [6.45, 7) is 2.46. The molecule has 28 heavy (non-hydrogen) atoms. The van der Waals surface area contributed by atoms with Gasteiger partial charge in [-0.15, -0.1) is 0 Å². The summed E-state index contributed by atoms with van der Waals surface area (Å²) in [6.07, 6.45) is 7.84. The van der Waals surface area contributed by atoms with E-state index in [1.54, 1.807) is 18.3 Å². The number of aromatic nitrogens is 3. The van der Waals surface area contributed by atoms with Gasteiger partial charge in [0.15, 0.2) is 0 Å². The molecule has 1 unspecified atom stereocenters. The lowest BCUT2D eigenvalue weighted by molar-refractivity contribution is 0.0991. The van der Waals surface area contributed by atoms with Crippen molar-refractivity contribution in [1.82, 2.24) is 15.0 Å². The Labute approximate surface area is 163 Å². The van der Waals surface area contributed by atoms with Gasteiger partial charge in [0.05, 0.1) is 11.1 Å². The van der Waals surface area contributed by atoms with Crippen LogP contribution in [0.1, 0.15) is 46.9 Å². The van der Waals surface area contributed by atoms with Crippen molar-refractivity contribution in [3.8, 4) is 0 Å². The molecule has 0 aromatic carbocycles. The highest BCUT2D eigenvalue weighted by molar-refractivity contribution is 5.97. The third-order valence-corrected chi connectivity index (χ3v) is 4.03. The number of hydrogen-bond acceptors (Lipinski definition) is 8. The molecule has 1 aliphatic carbocycles. The molecule has 3 rings (SSSR count). The molecule has 2 aromatic rings. The number of carbonyl (C=O) groups excluding carboxylic acids is 2. The topological polar surface area (TPSA) is 175 Å². The van der Waals surface area contributed by atoms with Gasteiger partial charge in [-0.05, 0) is 38.3 Å². The third-order valence-electron chi connectivity index (χ3n) is 4.03. The molecule has 1 saturated carbocycles. The molecule has 0 bridgehead atoms. The molecular formula is C18H26N8O2. The zero-order valence-electron chi connectivity index (χ0n) is 15.8. The summed E-state index contributed by atoms with van der Waals surface area (Å²) < 4.78 is 0. The monoisotopic (exact) mass is 386 g/mol. The predicted octanol–water partition coefficient (Wildman–Crippen LogP) is 0.480. The summed E-state index contributed by atoms with van der Waals surface area (Å²) in [7, 11) is 0. The Morgan fingerprint density at radius 2 is 2.00 bits per heavy atom. The molecular weight excluding hydrogens is 360 g/mol. The van der Waals surface area contributed by atoms with E-state index in [1.165, 1.54) is 18.8 Å². The van der Waals surface area contributed by atoms with Gasteiger partial charge in [-0.2, -0.15) is 4.98 Å². The summed E-state index contributed by atoms with van der Waals surface area (Å²) in [5.41, 5.74) is 16.7. The molecule has 8 N–H and O–H groups in total. The highest BCUT2D eigenvalue weighted by Crippen LogP contribution is 2.24. The zero-order chi connectivity index (χ0) is 20.5. The number of rotatable bonds is 7. The number of pyridine rings is 1. The van der Waals surface area contributed by atoms with Crippen molar-refractivity contribution in [3.63, 3.8) is 0 Å². The minimum Gasteiger partial charge on any atom is -0.367 e. The van der Waals surface area contributed by atoms with Crippen molar-refractivity contribution >= 4 is 23.6 Å². The van der Waals surface area contributed by atoms with E-state index < -0.39 is 11.8 Å². The minimum absolute atomic E-state index is 0.00228.